The molecule has 5 aliphatic carbocycles. The minimum Gasteiger partial charge on any atom is -0.455 e. The van der Waals surface area contributed by atoms with Gasteiger partial charge in [-0.3, -0.25) is 0 Å². The molecule has 7 bridgehead atoms. The Labute approximate surface area is 240 Å². The second-order valence-electron chi connectivity index (χ2n) is 13.6. The summed E-state index contributed by atoms with van der Waals surface area (Å²) in [7, 11) is 8.65. The number of ether oxygens (including phenoxy) is 5. The monoisotopic (exact) mass is 573 g/mol. The van der Waals surface area contributed by atoms with Crippen molar-refractivity contribution < 1.29 is 43.8 Å². The van der Waals surface area contributed by atoms with Crippen molar-refractivity contribution in [3.63, 3.8) is 0 Å². The Balaban J connectivity index is 1.46. The van der Waals surface area contributed by atoms with E-state index in [0.29, 0.717) is 12.2 Å². The van der Waals surface area contributed by atoms with Gasteiger partial charge < -0.3 is 43.9 Å². The third-order valence-electron chi connectivity index (χ3n) is 12.5. The van der Waals surface area contributed by atoms with Crippen molar-refractivity contribution in [1.82, 2.24) is 4.90 Å². The van der Waals surface area contributed by atoms with E-state index in [9.17, 15) is 20.1 Å². The van der Waals surface area contributed by atoms with Gasteiger partial charge in [0.15, 0.2) is 0 Å². The normalized spacial score (nSPS) is 52.9. The van der Waals surface area contributed by atoms with Crippen LogP contribution in [0.5, 0.6) is 0 Å². The fourth-order valence-electron chi connectivity index (χ4n) is 11.8. The van der Waals surface area contributed by atoms with Crippen LogP contribution in [0.4, 0.5) is 0 Å². The Bertz CT molecular complexity index is 1200. The molecular weight excluding hydrogens is 530 g/mol. The average molecular weight is 574 g/mol. The second-order valence-corrected chi connectivity index (χ2v) is 13.6. The number of hydrogen-bond donors (Lipinski definition) is 3. The average Bonchev–Trinajstić information content (AvgIpc) is 3.36. The molecular formula is C31H43NO9. The number of piperidine rings is 1. The van der Waals surface area contributed by atoms with Crippen LogP contribution in [0.25, 0.3) is 0 Å². The molecule has 7 unspecified atom stereocenters. The summed E-state index contributed by atoms with van der Waals surface area (Å²) in [4.78, 5) is 15.8. The molecule has 41 heavy (non-hydrogen) atoms. The first-order valence-corrected chi connectivity index (χ1v) is 14.8. The van der Waals surface area contributed by atoms with Crippen LogP contribution in [-0.4, -0.2) is 123 Å². The van der Waals surface area contributed by atoms with Crippen molar-refractivity contribution in [2.45, 2.75) is 67.0 Å². The highest BCUT2D eigenvalue weighted by Crippen LogP contribution is 2.80. The van der Waals surface area contributed by atoms with Crippen molar-refractivity contribution in [1.29, 1.82) is 0 Å². The van der Waals surface area contributed by atoms with Crippen LogP contribution < -0.4 is 0 Å². The molecule has 1 aromatic rings. The number of rotatable bonds is 7. The Morgan fingerprint density at radius 2 is 1.76 bits per heavy atom. The fourth-order valence-corrected chi connectivity index (χ4v) is 11.8. The molecule has 3 N–H and O–H groups in total. The SMILES string of the molecule is COC[C@@]12CC[C@H](OC)[C@@]34C5C[C@@]6(O)C(OC(=O)c7ccccc7)C5[C@@](O)(C(C(OC)C13)C4N(C)C2)[C@@H](O)[C@@H]6OC. The minimum absolute atomic E-state index is 0.0644. The highest BCUT2D eigenvalue weighted by molar-refractivity contribution is 5.89. The van der Waals surface area contributed by atoms with E-state index in [0.717, 1.165) is 19.4 Å². The number of hydrogen-bond acceptors (Lipinski definition) is 10. The first-order chi connectivity index (χ1) is 19.6. The summed E-state index contributed by atoms with van der Waals surface area (Å²) in [5.41, 5.74) is -3.95. The maximum Gasteiger partial charge on any atom is 0.338 e. The molecule has 6 fully saturated rings. The van der Waals surface area contributed by atoms with E-state index in [1.165, 1.54) is 7.11 Å². The van der Waals surface area contributed by atoms with Gasteiger partial charge in [0.1, 0.15) is 29.5 Å². The van der Waals surface area contributed by atoms with Gasteiger partial charge in [-0.05, 0) is 44.4 Å². The highest BCUT2D eigenvalue weighted by atomic mass is 16.6. The maximum absolute atomic E-state index is 13.5. The van der Waals surface area contributed by atoms with Crippen molar-refractivity contribution in [2.75, 3.05) is 48.6 Å². The molecule has 5 saturated carbocycles. The number of fused-ring (bicyclic) bond motifs is 2. The first-order valence-electron chi connectivity index (χ1n) is 14.8. The molecule has 1 spiro atoms. The van der Waals surface area contributed by atoms with Gasteiger partial charge in [0.2, 0.25) is 0 Å². The summed E-state index contributed by atoms with van der Waals surface area (Å²) in [5, 5.41) is 37.6. The molecule has 0 amide bonds. The molecule has 6 aliphatic rings. The van der Waals surface area contributed by atoms with Gasteiger partial charge in [0.25, 0.3) is 0 Å². The number of methoxy groups -OCH3 is 4. The molecule has 7 rings (SSSR count). The number of aliphatic hydroxyl groups excluding tert-OH is 1. The highest BCUT2D eigenvalue weighted by Gasteiger charge is 2.90. The molecule has 14 atom stereocenters. The minimum atomic E-state index is -1.76. The van der Waals surface area contributed by atoms with Gasteiger partial charge in [0.05, 0.1) is 24.4 Å². The van der Waals surface area contributed by atoms with Crippen molar-refractivity contribution in [3.8, 4) is 0 Å². The number of esters is 1. The molecule has 1 aliphatic heterocycles. The Morgan fingerprint density at radius 1 is 1.02 bits per heavy atom. The van der Waals surface area contributed by atoms with E-state index >= 15 is 0 Å². The van der Waals surface area contributed by atoms with Crippen LogP contribution in [0.15, 0.2) is 30.3 Å². The molecule has 0 radical (unpaired) electrons. The first kappa shape index (κ1) is 28.2. The number of likely N-dealkylation sites (tertiary alicyclic amines) is 1. The standard InChI is InChI=1S/C31H43NO9/c1-32-14-28(15-37-2)12-11-18(38-3)30-17-13-29(35)25(41-27(34)16-9-7-6-8-10-16)19(17)31(36,24(33)26(29)40-5)20(23(30)32)21(39-4)22(28)30/h6-10,17-26,33,35-36H,11-15H2,1-5H3/t17?,18-,19?,20?,21?,22?,23?,24-,25?,26-,28-,29+,30-,31+/m0/s1. The molecule has 10 nitrogen and oxygen atoms in total. The van der Waals surface area contributed by atoms with Crippen LogP contribution in [0.1, 0.15) is 29.6 Å². The largest absolute Gasteiger partial charge is 0.455 e. The van der Waals surface area contributed by atoms with E-state index in [1.54, 1.807) is 45.6 Å². The lowest BCUT2D eigenvalue weighted by Crippen LogP contribution is -2.79. The quantitative estimate of drug-likeness (QED) is 0.402. The van der Waals surface area contributed by atoms with E-state index < -0.39 is 58.8 Å². The van der Waals surface area contributed by atoms with Crippen LogP contribution in [0, 0.1) is 34.5 Å². The molecule has 1 saturated heterocycles. The number of benzene rings is 1. The number of aliphatic hydroxyl groups is 3. The van der Waals surface area contributed by atoms with Gasteiger partial charge in [-0.25, -0.2) is 4.79 Å². The van der Waals surface area contributed by atoms with Crippen LogP contribution in [0.2, 0.25) is 0 Å². The summed E-state index contributed by atoms with van der Waals surface area (Å²) < 4.78 is 30.6. The number of nitrogens with zero attached hydrogens (tertiary/aromatic N) is 1. The van der Waals surface area contributed by atoms with Crippen molar-refractivity contribution in [3.05, 3.63) is 35.9 Å². The third-order valence-corrected chi connectivity index (χ3v) is 12.5. The number of carbonyl (C=O) groups is 1. The van der Waals surface area contributed by atoms with E-state index in [4.69, 9.17) is 23.7 Å². The van der Waals surface area contributed by atoms with Gasteiger partial charge >= 0.3 is 5.97 Å². The van der Waals surface area contributed by atoms with Crippen molar-refractivity contribution >= 4 is 5.97 Å². The summed E-state index contributed by atoms with van der Waals surface area (Å²) in [6.07, 6.45) is -2.45. The Morgan fingerprint density at radius 3 is 2.39 bits per heavy atom. The van der Waals surface area contributed by atoms with E-state index in [2.05, 4.69) is 11.9 Å². The molecule has 1 heterocycles. The zero-order chi connectivity index (χ0) is 29.1. The molecule has 1 aromatic carbocycles. The van der Waals surface area contributed by atoms with E-state index in [-0.39, 0.29) is 35.8 Å². The lowest BCUT2D eigenvalue weighted by atomic mass is 9.43. The molecule has 10 heteroatoms. The van der Waals surface area contributed by atoms with Crippen LogP contribution >= 0.6 is 0 Å². The molecule has 226 valence electrons. The molecule has 0 aromatic heterocycles. The predicted molar refractivity (Wildman–Crippen MR) is 145 cm³/mol. The van der Waals surface area contributed by atoms with Gasteiger partial charge in [-0.15, -0.1) is 0 Å². The van der Waals surface area contributed by atoms with Gasteiger partial charge in [-0.1, -0.05) is 18.2 Å². The van der Waals surface area contributed by atoms with Crippen molar-refractivity contribution in [2.24, 2.45) is 34.5 Å². The van der Waals surface area contributed by atoms with Crippen LogP contribution in [-0.2, 0) is 23.7 Å². The van der Waals surface area contributed by atoms with Gasteiger partial charge in [-0.2, -0.15) is 0 Å². The number of carbonyl (C=O) groups excluding carboxylic acids is 1. The summed E-state index contributed by atoms with van der Waals surface area (Å²) in [5.74, 6) is -2.30. The Hall–Kier alpha value is -1.63. The lowest BCUT2D eigenvalue weighted by molar-refractivity contribution is -0.313. The third kappa shape index (κ3) is 3.08. The summed E-state index contributed by atoms with van der Waals surface area (Å²) in [6.45, 7) is 1.29. The van der Waals surface area contributed by atoms with Crippen LogP contribution in [0.3, 0.4) is 0 Å². The Kier molecular flexibility index (Phi) is 6.31. The van der Waals surface area contributed by atoms with E-state index in [1.807, 2.05) is 6.07 Å². The fraction of sp³-hybridized carbons (Fsp3) is 0.774. The zero-order valence-electron chi connectivity index (χ0n) is 24.4. The summed E-state index contributed by atoms with van der Waals surface area (Å²) in [6, 6.07) is 8.46. The topological polar surface area (TPSA) is 127 Å². The second kappa shape index (κ2) is 9.19. The summed E-state index contributed by atoms with van der Waals surface area (Å²) >= 11 is 0. The zero-order valence-corrected chi connectivity index (χ0v) is 24.4. The van der Waals surface area contributed by atoms with Gasteiger partial charge in [0, 0.05) is 69.6 Å². The maximum atomic E-state index is 13.5. The predicted octanol–water partition coefficient (Wildman–Crippen LogP) is 0.716. The smallest absolute Gasteiger partial charge is 0.338 e. The lowest BCUT2D eigenvalue weighted by Gasteiger charge is -2.69.